The number of hydrogen-bond donors (Lipinski definition) is 1. The molecule has 1 atom stereocenters. The van der Waals surface area contributed by atoms with Crippen LogP contribution in [0.1, 0.15) is 29.1 Å². The third-order valence-corrected chi connectivity index (χ3v) is 3.74. The van der Waals surface area contributed by atoms with E-state index >= 15 is 0 Å². The molecule has 2 aromatic rings. The first-order chi connectivity index (χ1) is 8.24. The van der Waals surface area contributed by atoms with Crippen LogP contribution in [0.4, 0.5) is 0 Å². The quantitative estimate of drug-likeness (QED) is 0.876. The molecule has 0 aliphatic rings. The minimum atomic E-state index is 0.268. The lowest BCUT2D eigenvalue weighted by molar-refractivity contribution is 0.596. The Morgan fingerprint density at radius 2 is 2.35 bits per heavy atom. The van der Waals surface area contributed by atoms with Crippen LogP contribution in [0.5, 0.6) is 0 Å². The average Bonchev–Trinajstić information content (AvgIpc) is 2.95. The van der Waals surface area contributed by atoms with E-state index in [1.807, 2.05) is 24.9 Å². The second kappa shape index (κ2) is 5.37. The maximum Gasteiger partial charge on any atom is 0.0772 e. The maximum atomic E-state index is 4.29. The summed E-state index contributed by atoms with van der Waals surface area (Å²) in [6.07, 6.45) is 4.94. The first-order valence-corrected chi connectivity index (χ1v) is 6.49. The number of aryl methyl sites for hydroxylation is 2. The van der Waals surface area contributed by atoms with Gasteiger partial charge in [-0.3, -0.25) is 4.68 Å². The van der Waals surface area contributed by atoms with Crippen molar-refractivity contribution in [2.75, 3.05) is 7.05 Å². The summed E-state index contributed by atoms with van der Waals surface area (Å²) in [6, 6.07) is 0.268. The Morgan fingerprint density at radius 1 is 1.53 bits per heavy atom. The summed E-state index contributed by atoms with van der Waals surface area (Å²) in [5, 5.41) is 11.7. The van der Waals surface area contributed by atoms with Crippen LogP contribution in [-0.4, -0.2) is 26.4 Å². The lowest BCUT2D eigenvalue weighted by Crippen LogP contribution is -2.18. The van der Waals surface area contributed by atoms with Gasteiger partial charge in [-0.1, -0.05) is 4.49 Å². The van der Waals surface area contributed by atoms with Crippen molar-refractivity contribution in [1.82, 2.24) is 24.7 Å². The van der Waals surface area contributed by atoms with Crippen molar-refractivity contribution >= 4 is 11.5 Å². The molecule has 6 heteroatoms. The number of rotatable bonds is 5. The molecule has 1 unspecified atom stereocenters. The zero-order chi connectivity index (χ0) is 12.3. The molecular formula is C11H17N5S. The maximum absolute atomic E-state index is 4.29. The van der Waals surface area contributed by atoms with Crippen LogP contribution in [0.3, 0.4) is 0 Å². The summed E-state index contributed by atoms with van der Waals surface area (Å²) < 4.78 is 5.93. The number of nitrogens with one attached hydrogen (secondary N) is 1. The summed E-state index contributed by atoms with van der Waals surface area (Å²) in [7, 11) is 1.97. The topological polar surface area (TPSA) is 55.6 Å². The molecule has 17 heavy (non-hydrogen) atoms. The number of nitrogens with zero attached hydrogens (tertiary/aromatic N) is 4. The highest BCUT2D eigenvalue weighted by atomic mass is 32.1. The minimum absolute atomic E-state index is 0.268. The van der Waals surface area contributed by atoms with Gasteiger partial charge >= 0.3 is 0 Å². The third-order valence-electron chi connectivity index (χ3n) is 2.80. The lowest BCUT2D eigenvalue weighted by Gasteiger charge is -2.13. The zero-order valence-corrected chi connectivity index (χ0v) is 11.2. The monoisotopic (exact) mass is 251 g/mol. The molecule has 0 bridgehead atoms. The second-order valence-corrected chi connectivity index (χ2v) is 4.76. The molecule has 2 aromatic heterocycles. The normalized spacial score (nSPS) is 12.9. The minimum Gasteiger partial charge on any atom is -0.312 e. The Balaban J connectivity index is 2.12. The van der Waals surface area contributed by atoms with Gasteiger partial charge in [-0.15, -0.1) is 5.10 Å². The van der Waals surface area contributed by atoms with Crippen molar-refractivity contribution in [2.45, 2.75) is 32.9 Å². The predicted molar refractivity (Wildman–Crippen MR) is 68.1 cm³/mol. The van der Waals surface area contributed by atoms with Crippen LogP contribution in [0.2, 0.25) is 0 Å². The Labute approximate surface area is 105 Å². The van der Waals surface area contributed by atoms with Crippen molar-refractivity contribution in [3.05, 3.63) is 28.5 Å². The Kier molecular flexibility index (Phi) is 3.86. The van der Waals surface area contributed by atoms with Gasteiger partial charge in [-0.25, -0.2) is 0 Å². The third kappa shape index (κ3) is 2.70. The molecular weight excluding hydrogens is 234 g/mol. The summed E-state index contributed by atoms with van der Waals surface area (Å²) >= 11 is 1.46. The van der Waals surface area contributed by atoms with Gasteiger partial charge in [0.25, 0.3) is 0 Å². The predicted octanol–water partition coefficient (Wildman–Crippen LogP) is 1.57. The van der Waals surface area contributed by atoms with E-state index in [0.29, 0.717) is 0 Å². The van der Waals surface area contributed by atoms with E-state index in [2.05, 4.69) is 33.1 Å². The van der Waals surface area contributed by atoms with Crippen LogP contribution < -0.4 is 5.32 Å². The molecule has 1 N–H and O–H groups in total. The number of aromatic nitrogens is 4. The van der Waals surface area contributed by atoms with Gasteiger partial charge in [0.1, 0.15) is 0 Å². The van der Waals surface area contributed by atoms with Gasteiger partial charge in [-0.2, -0.15) is 5.10 Å². The first kappa shape index (κ1) is 12.2. The van der Waals surface area contributed by atoms with Crippen LogP contribution in [0, 0.1) is 6.92 Å². The van der Waals surface area contributed by atoms with Crippen molar-refractivity contribution in [3.8, 4) is 0 Å². The van der Waals surface area contributed by atoms with Crippen molar-refractivity contribution < 1.29 is 0 Å². The number of hydrogen-bond acceptors (Lipinski definition) is 5. The van der Waals surface area contributed by atoms with E-state index in [-0.39, 0.29) is 6.04 Å². The van der Waals surface area contributed by atoms with Crippen LogP contribution in [-0.2, 0) is 13.0 Å². The molecule has 0 aliphatic heterocycles. The average molecular weight is 251 g/mol. The van der Waals surface area contributed by atoms with Crippen LogP contribution >= 0.6 is 11.5 Å². The van der Waals surface area contributed by atoms with Gasteiger partial charge in [0.15, 0.2) is 0 Å². The Morgan fingerprint density at radius 3 is 2.88 bits per heavy atom. The molecule has 5 nitrogen and oxygen atoms in total. The van der Waals surface area contributed by atoms with Crippen LogP contribution in [0.25, 0.3) is 0 Å². The summed E-state index contributed by atoms with van der Waals surface area (Å²) in [5.41, 5.74) is 2.25. The molecule has 0 spiro atoms. The molecule has 2 heterocycles. The van der Waals surface area contributed by atoms with Gasteiger partial charge in [-0.05, 0) is 44.4 Å². The van der Waals surface area contributed by atoms with E-state index in [0.717, 1.165) is 18.7 Å². The molecule has 0 fully saturated rings. The molecule has 0 aromatic carbocycles. The fourth-order valence-corrected chi connectivity index (χ4v) is 2.56. The Bertz CT molecular complexity index is 476. The first-order valence-electron chi connectivity index (χ1n) is 5.72. The van der Waals surface area contributed by atoms with Crippen LogP contribution in [0.15, 0.2) is 12.4 Å². The van der Waals surface area contributed by atoms with E-state index in [4.69, 9.17) is 0 Å². The SMILES string of the molecule is CCn1cc(CC(NC)c2snnc2C)cn1. The molecule has 2 rings (SSSR count). The zero-order valence-electron chi connectivity index (χ0n) is 10.3. The highest BCUT2D eigenvalue weighted by Gasteiger charge is 2.16. The van der Waals surface area contributed by atoms with Crippen molar-refractivity contribution in [1.29, 1.82) is 0 Å². The fraction of sp³-hybridized carbons (Fsp3) is 0.545. The molecule has 0 aliphatic carbocycles. The molecule has 0 saturated heterocycles. The van der Waals surface area contributed by atoms with Gasteiger partial charge < -0.3 is 5.32 Å². The highest BCUT2D eigenvalue weighted by Crippen LogP contribution is 2.23. The lowest BCUT2D eigenvalue weighted by atomic mass is 10.1. The molecule has 92 valence electrons. The van der Waals surface area contributed by atoms with Gasteiger partial charge in [0.2, 0.25) is 0 Å². The standard InChI is InChI=1S/C11H17N5S/c1-4-16-7-9(6-13-16)5-10(12-3)11-8(2)14-15-17-11/h6-7,10,12H,4-5H2,1-3H3. The number of likely N-dealkylation sites (N-methyl/N-ethyl adjacent to an activating group) is 1. The van der Waals surface area contributed by atoms with Gasteiger partial charge in [0.05, 0.1) is 16.8 Å². The van der Waals surface area contributed by atoms with E-state index in [1.54, 1.807) is 0 Å². The smallest absolute Gasteiger partial charge is 0.0772 e. The fourth-order valence-electron chi connectivity index (χ4n) is 1.80. The van der Waals surface area contributed by atoms with Gasteiger partial charge in [0, 0.05) is 18.8 Å². The largest absolute Gasteiger partial charge is 0.312 e. The highest BCUT2D eigenvalue weighted by molar-refractivity contribution is 7.05. The summed E-state index contributed by atoms with van der Waals surface area (Å²) in [6.45, 7) is 4.99. The molecule has 0 amide bonds. The Hall–Kier alpha value is -1.27. The molecule has 0 radical (unpaired) electrons. The second-order valence-electron chi connectivity index (χ2n) is 3.97. The van der Waals surface area contributed by atoms with Crippen molar-refractivity contribution in [2.24, 2.45) is 0 Å². The summed E-state index contributed by atoms with van der Waals surface area (Å²) in [4.78, 5) is 1.21. The van der Waals surface area contributed by atoms with E-state index in [1.165, 1.54) is 22.0 Å². The summed E-state index contributed by atoms with van der Waals surface area (Å²) in [5.74, 6) is 0. The van der Waals surface area contributed by atoms with E-state index < -0.39 is 0 Å². The van der Waals surface area contributed by atoms with Crippen molar-refractivity contribution in [3.63, 3.8) is 0 Å². The molecule has 0 saturated carbocycles. The van der Waals surface area contributed by atoms with E-state index in [9.17, 15) is 0 Å².